The molecule has 136 valence electrons. The first-order valence-electron chi connectivity index (χ1n) is 7.52. The van der Waals surface area contributed by atoms with Gasteiger partial charge < -0.3 is 9.84 Å². The number of benzene rings is 1. The van der Waals surface area contributed by atoms with Crippen molar-refractivity contribution in [2.75, 3.05) is 7.11 Å². The molecule has 1 aliphatic rings. The molecule has 0 radical (unpaired) electrons. The number of nitrogens with zero attached hydrogens (tertiary/aromatic N) is 3. The summed E-state index contributed by atoms with van der Waals surface area (Å²) in [5, 5.41) is 14.1. The topological polar surface area (TPSA) is 75.0 Å². The van der Waals surface area contributed by atoms with Crippen LogP contribution in [0.5, 0.6) is 5.75 Å². The van der Waals surface area contributed by atoms with Gasteiger partial charge in [0.25, 0.3) is 11.6 Å². The minimum atomic E-state index is -5.10. The Hall–Kier alpha value is -2.94. The highest BCUT2D eigenvalue weighted by Crippen LogP contribution is 2.42. The van der Waals surface area contributed by atoms with Crippen molar-refractivity contribution in [3.63, 3.8) is 0 Å². The van der Waals surface area contributed by atoms with Crippen molar-refractivity contribution >= 4 is 11.6 Å². The molecule has 9 heteroatoms. The van der Waals surface area contributed by atoms with Gasteiger partial charge in [0.15, 0.2) is 0 Å². The number of ether oxygens (including phenoxy) is 1. The Morgan fingerprint density at radius 1 is 1.27 bits per heavy atom. The average molecular weight is 365 g/mol. The van der Waals surface area contributed by atoms with Crippen LogP contribution in [-0.2, 0) is 0 Å². The molecule has 0 unspecified atom stereocenters. The Bertz CT molecular complexity index is 855. The fraction of sp³-hybridized carbons (Fsp3) is 0.235. The maximum Gasteiger partial charge on any atom is 0.438 e. The number of amides is 1. The van der Waals surface area contributed by atoms with E-state index in [2.05, 4.69) is 10.1 Å². The molecule has 1 amide bonds. The standard InChI is InChI=1S/C17H14F3N3O3/c1-26-13-4-2-3-12(9-13)15(24)23-16(25,17(18,19)20)10-14(22-23)11-5-7-21-8-6-11/h2-9,25H,10H2,1H3/t16-/m1/s1. The molecular formula is C17H14F3N3O3. The van der Waals surface area contributed by atoms with E-state index in [0.29, 0.717) is 11.3 Å². The van der Waals surface area contributed by atoms with Gasteiger partial charge in [0, 0.05) is 23.5 Å². The summed E-state index contributed by atoms with van der Waals surface area (Å²) in [5.74, 6) is -0.795. The van der Waals surface area contributed by atoms with Crippen molar-refractivity contribution in [3.05, 3.63) is 59.9 Å². The molecule has 0 bridgehead atoms. The number of carbonyl (C=O) groups is 1. The van der Waals surface area contributed by atoms with Crippen molar-refractivity contribution in [2.45, 2.75) is 18.3 Å². The predicted molar refractivity (Wildman–Crippen MR) is 85.6 cm³/mol. The van der Waals surface area contributed by atoms with Crippen LogP contribution in [0.3, 0.4) is 0 Å². The fourth-order valence-electron chi connectivity index (χ4n) is 2.56. The Kier molecular flexibility index (Phi) is 4.41. The molecule has 0 saturated carbocycles. The quantitative estimate of drug-likeness (QED) is 0.907. The van der Waals surface area contributed by atoms with Crippen LogP contribution < -0.4 is 4.74 Å². The van der Waals surface area contributed by atoms with E-state index in [1.165, 1.54) is 49.8 Å². The number of aromatic nitrogens is 1. The van der Waals surface area contributed by atoms with Crippen molar-refractivity contribution in [3.8, 4) is 5.75 Å². The number of hydrazone groups is 1. The third-order valence-electron chi connectivity index (χ3n) is 3.96. The van der Waals surface area contributed by atoms with Crippen LogP contribution in [0.4, 0.5) is 13.2 Å². The number of carbonyl (C=O) groups excluding carboxylic acids is 1. The summed E-state index contributed by atoms with van der Waals surface area (Å²) in [6.45, 7) is 0. The Labute approximate surface area is 146 Å². The molecule has 1 aliphatic heterocycles. The molecule has 2 heterocycles. The van der Waals surface area contributed by atoms with E-state index in [4.69, 9.17) is 4.74 Å². The van der Waals surface area contributed by atoms with Gasteiger partial charge in [0.05, 0.1) is 19.2 Å². The summed E-state index contributed by atoms with van der Waals surface area (Å²) in [4.78, 5) is 16.4. The molecular weight excluding hydrogens is 351 g/mol. The third-order valence-corrected chi connectivity index (χ3v) is 3.96. The Morgan fingerprint density at radius 3 is 2.58 bits per heavy atom. The van der Waals surface area contributed by atoms with Gasteiger partial charge in [-0.3, -0.25) is 9.78 Å². The molecule has 1 aromatic heterocycles. The van der Waals surface area contributed by atoms with Crippen LogP contribution >= 0.6 is 0 Å². The number of aliphatic hydroxyl groups is 1. The molecule has 0 aliphatic carbocycles. The van der Waals surface area contributed by atoms with Crippen molar-refractivity contribution in [1.29, 1.82) is 0 Å². The molecule has 0 saturated heterocycles. The minimum absolute atomic E-state index is 0.0662. The van der Waals surface area contributed by atoms with Crippen LogP contribution in [0.25, 0.3) is 0 Å². The molecule has 6 nitrogen and oxygen atoms in total. The first-order chi connectivity index (χ1) is 12.3. The highest BCUT2D eigenvalue weighted by atomic mass is 19.4. The zero-order valence-corrected chi connectivity index (χ0v) is 13.6. The van der Waals surface area contributed by atoms with Gasteiger partial charge in [0.2, 0.25) is 0 Å². The number of rotatable bonds is 3. The third kappa shape index (κ3) is 3.01. The highest BCUT2D eigenvalue weighted by Gasteiger charge is 2.63. The largest absolute Gasteiger partial charge is 0.497 e. The summed E-state index contributed by atoms with van der Waals surface area (Å²) >= 11 is 0. The lowest BCUT2D eigenvalue weighted by atomic mass is 10.0. The summed E-state index contributed by atoms with van der Waals surface area (Å²) in [7, 11) is 1.37. The van der Waals surface area contributed by atoms with E-state index in [9.17, 15) is 23.1 Å². The predicted octanol–water partition coefficient (Wildman–Crippen LogP) is 2.59. The van der Waals surface area contributed by atoms with E-state index >= 15 is 0 Å². The molecule has 2 aromatic rings. The monoisotopic (exact) mass is 365 g/mol. The second kappa shape index (κ2) is 6.41. The van der Waals surface area contributed by atoms with Crippen molar-refractivity contribution in [2.24, 2.45) is 5.10 Å². The Morgan fingerprint density at radius 2 is 1.96 bits per heavy atom. The number of halogens is 3. The Balaban J connectivity index is 2.04. The molecule has 1 N–H and O–H groups in total. The number of hydrogen-bond acceptors (Lipinski definition) is 5. The average Bonchev–Trinajstić information content (AvgIpc) is 3.01. The van der Waals surface area contributed by atoms with Crippen molar-refractivity contribution < 1.29 is 27.8 Å². The second-order valence-electron chi connectivity index (χ2n) is 5.62. The molecule has 26 heavy (non-hydrogen) atoms. The first-order valence-corrected chi connectivity index (χ1v) is 7.52. The number of pyridine rings is 1. The molecule has 3 rings (SSSR count). The summed E-state index contributed by atoms with van der Waals surface area (Å²) < 4.78 is 45.6. The van der Waals surface area contributed by atoms with Gasteiger partial charge in [-0.25, -0.2) is 0 Å². The van der Waals surface area contributed by atoms with Crippen LogP contribution in [-0.4, -0.2) is 45.7 Å². The zero-order chi connectivity index (χ0) is 18.9. The van der Waals surface area contributed by atoms with Gasteiger partial charge in [-0.15, -0.1) is 0 Å². The smallest absolute Gasteiger partial charge is 0.438 e. The van der Waals surface area contributed by atoms with E-state index < -0.39 is 24.2 Å². The van der Waals surface area contributed by atoms with E-state index in [1.54, 1.807) is 6.07 Å². The van der Waals surface area contributed by atoms with Gasteiger partial charge >= 0.3 is 6.18 Å². The van der Waals surface area contributed by atoms with E-state index in [0.717, 1.165) is 0 Å². The SMILES string of the molecule is COc1cccc(C(=O)N2N=C(c3ccncc3)C[C@@]2(O)C(F)(F)F)c1. The summed E-state index contributed by atoms with van der Waals surface area (Å²) in [6, 6.07) is 8.51. The van der Waals surface area contributed by atoms with Crippen LogP contribution in [0.2, 0.25) is 0 Å². The van der Waals surface area contributed by atoms with E-state index in [-0.39, 0.29) is 16.3 Å². The molecule has 1 aromatic carbocycles. The van der Waals surface area contributed by atoms with Gasteiger partial charge in [0.1, 0.15) is 5.75 Å². The lowest BCUT2D eigenvalue weighted by Gasteiger charge is -2.32. The number of alkyl halides is 3. The van der Waals surface area contributed by atoms with Gasteiger partial charge in [-0.2, -0.15) is 23.3 Å². The van der Waals surface area contributed by atoms with E-state index in [1.807, 2.05) is 0 Å². The normalized spacial score (nSPS) is 20.0. The van der Waals surface area contributed by atoms with Gasteiger partial charge in [-0.1, -0.05) is 6.07 Å². The maximum atomic E-state index is 13.6. The highest BCUT2D eigenvalue weighted by molar-refractivity contribution is 6.05. The zero-order valence-electron chi connectivity index (χ0n) is 13.6. The molecule has 1 atom stereocenters. The molecule has 0 spiro atoms. The number of methoxy groups -OCH3 is 1. The molecule has 0 fully saturated rings. The summed E-state index contributed by atoms with van der Waals surface area (Å²) in [5.41, 5.74) is -3.26. The first kappa shape index (κ1) is 17.9. The van der Waals surface area contributed by atoms with Crippen LogP contribution in [0.1, 0.15) is 22.3 Å². The summed E-state index contributed by atoms with van der Waals surface area (Å²) in [6.07, 6.45) is -3.20. The van der Waals surface area contributed by atoms with Crippen LogP contribution in [0, 0.1) is 0 Å². The van der Waals surface area contributed by atoms with Gasteiger partial charge in [-0.05, 0) is 30.3 Å². The lowest BCUT2D eigenvalue weighted by Crippen LogP contribution is -2.56. The lowest BCUT2D eigenvalue weighted by molar-refractivity contribution is -0.297. The fourth-order valence-corrected chi connectivity index (χ4v) is 2.56. The van der Waals surface area contributed by atoms with Crippen molar-refractivity contribution in [1.82, 2.24) is 9.99 Å². The number of hydrogen-bond donors (Lipinski definition) is 1. The second-order valence-corrected chi connectivity index (χ2v) is 5.62. The van der Waals surface area contributed by atoms with Crippen LogP contribution in [0.15, 0.2) is 53.9 Å². The minimum Gasteiger partial charge on any atom is -0.497 e. The maximum absolute atomic E-state index is 13.6.